The van der Waals surface area contributed by atoms with E-state index in [2.05, 4.69) is 0 Å². The fourth-order valence-corrected chi connectivity index (χ4v) is 2.12. The molecule has 1 aromatic carbocycles. The van der Waals surface area contributed by atoms with Gasteiger partial charge in [-0.1, -0.05) is 0 Å². The minimum absolute atomic E-state index is 0.201. The third-order valence-electron chi connectivity index (χ3n) is 1.77. The van der Waals surface area contributed by atoms with E-state index in [1.54, 1.807) is 6.92 Å². The van der Waals surface area contributed by atoms with Crippen molar-refractivity contribution in [3.8, 4) is 0 Å². The van der Waals surface area contributed by atoms with Crippen LogP contribution in [0.25, 0.3) is 0 Å². The highest BCUT2D eigenvalue weighted by molar-refractivity contribution is 7.99. The minimum Gasteiger partial charge on any atom is -0.258 e. The zero-order chi connectivity index (χ0) is 11.4. The first kappa shape index (κ1) is 12.3. The monoisotopic (exact) mass is 249 g/mol. The molecule has 0 aromatic heterocycles. The van der Waals surface area contributed by atoms with Gasteiger partial charge in [0.25, 0.3) is 5.69 Å². The molecule has 0 spiro atoms. The number of hydrogen-bond donors (Lipinski definition) is 0. The van der Waals surface area contributed by atoms with Crippen molar-refractivity contribution in [1.82, 2.24) is 0 Å². The topological polar surface area (TPSA) is 43.1 Å². The zero-order valence-corrected chi connectivity index (χ0v) is 9.57. The van der Waals surface area contributed by atoms with Gasteiger partial charge in [-0.15, -0.1) is 23.4 Å². The van der Waals surface area contributed by atoms with E-state index in [1.807, 2.05) is 0 Å². The van der Waals surface area contributed by atoms with Crippen LogP contribution in [0.3, 0.4) is 0 Å². The van der Waals surface area contributed by atoms with E-state index in [4.69, 9.17) is 11.6 Å². The molecule has 0 saturated heterocycles. The molecule has 0 unspecified atom stereocenters. The number of hydrogen-bond acceptors (Lipinski definition) is 3. The van der Waals surface area contributed by atoms with Crippen LogP contribution in [-0.4, -0.2) is 16.6 Å². The Bertz CT molecular complexity index is 387. The summed E-state index contributed by atoms with van der Waals surface area (Å²) < 4.78 is 13.1. The summed E-state index contributed by atoms with van der Waals surface area (Å²) in [6.45, 7) is 1.57. The predicted octanol–water partition coefficient (Wildman–Crippen LogP) is 3.37. The minimum atomic E-state index is -0.584. The van der Waals surface area contributed by atoms with Gasteiger partial charge < -0.3 is 0 Å². The molecule has 0 heterocycles. The Kier molecular flexibility index (Phi) is 4.35. The molecule has 0 N–H and O–H groups in total. The highest BCUT2D eigenvalue weighted by Crippen LogP contribution is 2.31. The second-order valence-corrected chi connectivity index (χ2v) is 4.38. The van der Waals surface area contributed by atoms with E-state index in [1.165, 1.54) is 17.8 Å². The Morgan fingerprint density at radius 2 is 2.27 bits per heavy atom. The van der Waals surface area contributed by atoms with Gasteiger partial charge in [0.15, 0.2) is 0 Å². The molecule has 1 rings (SSSR count). The van der Waals surface area contributed by atoms with Gasteiger partial charge in [-0.05, 0) is 18.6 Å². The number of nitro benzene ring substituents is 1. The number of nitrogens with zero attached hydrogens (tertiary/aromatic N) is 1. The molecule has 0 atom stereocenters. The van der Waals surface area contributed by atoms with Crippen LogP contribution >= 0.6 is 23.4 Å². The van der Waals surface area contributed by atoms with Crippen LogP contribution in [0.4, 0.5) is 10.1 Å². The van der Waals surface area contributed by atoms with E-state index in [9.17, 15) is 14.5 Å². The number of halogens is 2. The van der Waals surface area contributed by atoms with Crippen molar-refractivity contribution in [1.29, 1.82) is 0 Å². The predicted molar refractivity (Wildman–Crippen MR) is 59.2 cm³/mol. The largest absolute Gasteiger partial charge is 0.285 e. The average molecular weight is 250 g/mol. The first-order valence-electron chi connectivity index (χ1n) is 4.19. The van der Waals surface area contributed by atoms with Crippen LogP contribution in [-0.2, 0) is 0 Å². The van der Waals surface area contributed by atoms with Crippen molar-refractivity contribution in [3.63, 3.8) is 0 Å². The molecule has 0 fully saturated rings. The van der Waals surface area contributed by atoms with E-state index < -0.39 is 10.7 Å². The number of thioether (sulfide) groups is 1. The van der Waals surface area contributed by atoms with Crippen LogP contribution in [0, 0.1) is 22.9 Å². The summed E-state index contributed by atoms with van der Waals surface area (Å²) >= 11 is 6.75. The molecular weight excluding hydrogens is 241 g/mol. The van der Waals surface area contributed by atoms with E-state index >= 15 is 0 Å². The molecule has 0 bridgehead atoms. The van der Waals surface area contributed by atoms with Crippen LogP contribution in [0.1, 0.15) is 5.56 Å². The van der Waals surface area contributed by atoms with Crippen molar-refractivity contribution in [2.45, 2.75) is 11.8 Å². The molecule has 0 saturated carbocycles. The molecular formula is C9H9ClFNO2S. The maximum atomic E-state index is 13.1. The fraction of sp³-hybridized carbons (Fsp3) is 0.333. The molecule has 0 aliphatic carbocycles. The number of benzene rings is 1. The van der Waals surface area contributed by atoms with E-state index in [0.29, 0.717) is 22.1 Å². The summed E-state index contributed by atoms with van der Waals surface area (Å²) in [6, 6.07) is 2.43. The fourth-order valence-electron chi connectivity index (χ4n) is 1.05. The summed E-state index contributed by atoms with van der Waals surface area (Å²) in [6.07, 6.45) is 0. The van der Waals surface area contributed by atoms with Crippen LogP contribution in [0.2, 0.25) is 0 Å². The van der Waals surface area contributed by atoms with Gasteiger partial charge in [-0.2, -0.15) is 0 Å². The molecule has 82 valence electrons. The van der Waals surface area contributed by atoms with Crippen molar-refractivity contribution in [3.05, 3.63) is 33.6 Å². The lowest BCUT2D eigenvalue weighted by atomic mass is 10.2. The lowest BCUT2D eigenvalue weighted by molar-refractivity contribution is -0.387. The number of aryl methyl sites for hydroxylation is 1. The van der Waals surface area contributed by atoms with Gasteiger partial charge in [0.05, 0.1) is 15.9 Å². The van der Waals surface area contributed by atoms with E-state index in [-0.39, 0.29) is 5.69 Å². The Labute approximate surface area is 95.8 Å². The van der Waals surface area contributed by atoms with Gasteiger partial charge in [0, 0.05) is 11.6 Å². The first-order chi connectivity index (χ1) is 7.06. The Morgan fingerprint density at radius 1 is 1.60 bits per heavy atom. The molecule has 0 aliphatic rings. The number of rotatable bonds is 4. The zero-order valence-electron chi connectivity index (χ0n) is 8.00. The van der Waals surface area contributed by atoms with Crippen LogP contribution in [0.5, 0.6) is 0 Å². The molecule has 15 heavy (non-hydrogen) atoms. The second-order valence-electron chi connectivity index (χ2n) is 2.86. The summed E-state index contributed by atoms with van der Waals surface area (Å²) in [5.74, 6) is 0.406. The lowest BCUT2D eigenvalue weighted by Crippen LogP contribution is -1.95. The normalized spacial score (nSPS) is 10.3. The molecule has 0 amide bonds. The average Bonchev–Trinajstić information content (AvgIpc) is 2.19. The Balaban J connectivity index is 3.10. The molecule has 6 heteroatoms. The maximum absolute atomic E-state index is 13.1. The van der Waals surface area contributed by atoms with Crippen molar-refractivity contribution in [2.75, 3.05) is 11.6 Å². The molecule has 3 nitrogen and oxygen atoms in total. The van der Waals surface area contributed by atoms with Crippen molar-refractivity contribution in [2.24, 2.45) is 0 Å². The highest BCUT2D eigenvalue weighted by Gasteiger charge is 2.16. The standard InChI is InChI=1S/C9H9ClFNO2S/c1-6-4-9(15-3-2-10)8(12(13)14)5-7(6)11/h4-5H,2-3H2,1H3. The number of nitro groups is 1. The molecule has 1 aromatic rings. The Morgan fingerprint density at radius 3 is 2.80 bits per heavy atom. The van der Waals surface area contributed by atoms with Gasteiger partial charge in [-0.3, -0.25) is 10.1 Å². The summed E-state index contributed by atoms with van der Waals surface area (Å²) in [5.41, 5.74) is 0.200. The number of alkyl halides is 1. The quantitative estimate of drug-likeness (QED) is 0.356. The van der Waals surface area contributed by atoms with Gasteiger partial charge in [0.1, 0.15) is 5.82 Å². The second kappa shape index (κ2) is 5.32. The lowest BCUT2D eigenvalue weighted by Gasteiger charge is -2.03. The third kappa shape index (κ3) is 3.07. The summed E-state index contributed by atoms with van der Waals surface area (Å²) in [4.78, 5) is 10.5. The van der Waals surface area contributed by atoms with E-state index in [0.717, 1.165) is 6.07 Å². The smallest absolute Gasteiger partial charge is 0.258 e. The molecule has 0 radical (unpaired) electrons. The van der Waals surface area contributed by atoms with Crippen LogP contribution in [0.15, 0.2) is 17.0 Å². The summed E-state index contributed by atoms with van der Waals surface area (Å²) in [5, 5.41) is 10.6. The third-order valence-corrected chi connectivity index (χ3v) is 3.23. The van der Waals surface area contributed by atoms with Gasteiger partial charge in [0.2, 0.25) is 0 Å². The van der Waals surface area contributed by atoms with Gasteiger partial charge >= 0.3 is 0 Å². The SMILES string of the molecule is Cc1cc(SCCCl)c([N+](=O)[O-])cc1F. The van der Waals surface area contributed by atoms with Gasteiger partial charge in [-0.25, -0.2) is 4.39 Å². The summed E-state index contributed by atoms with van der Waals surface area (Å²) in [7, 11) is 0. The van der Waals surface area contributed by atoms with Crippen LogP contribution < -0.4 is 0 Å². The van der Waals surface area contributed by atoms with Crippen molar-refractivity contribution < 1.29 is 9.31 Å². The Hall–Kier alpha value is -0.810. The molecule has 0 aliphatic heterocycles. The van der Waals surface area contributed by atoms with Crippen molar-refractivity contribution >= 4 is 29.1 Å². The highest BCUT2D eigenvalue weighted by atomic mass is 35.5. The maximum Gasteiger partial charge on any atom is 0.285 e. The first-order valence-corrected chi connectivity index (χ1v) is 5.71.